The van der Waals surface area contributed by atoms with Crippen molar-refractivity contribution in [2.75, 3.05) is 0 Å². The van der Waals surface area contributed by atoms with Gasteiger partial charge in [0.25, 0.3) is 0 Å². The third-order valence-electron chi connectivity index (χ3n) is 7.93. The highest BCUT2D eigenvalue weighted by Gasteiger charge is 2.29. The second-order valence-corrected chi connectivity index (χ2v) is 10.4. The van der Waals surface area contributed by atoms with Crippen LogP contribution in [0.4, 0.5) is 26.3 Å². The van der Waals surface area contributed by atoms with Gasteiger partial charge in [0, 0.05) is 5.56 Å². The van der Waals surface area contributed by atoms with Crippen LogP contribution in [-0.4, -0.2) is 0 Å². The maximum absolute atomic E-state index is 15.1. The number of benzene rings is 3. The lowest BCUT2D eigenvalue weighted by atomic mass is 9.75. The van der Waals surface area contributed by atoms with E-state index in [2.05, 4.69) is 0 Å². The fourth-order valence-corrected chi connectivity index (χ4v) is 5.54. The lowest BCUT2D eigenvalue weighted by Crippen LogP contribution is -2.16. The molecule has 0 amide bonds. The summed E-state index contributed by atoms with van der Waals surface area (Å²) in [6.45, 7) is 3.32. The van der Waals surface area contributed by atoms with Crippen molar-refractivity contribution >= 4 is 0 Å². The zero-order valence-corrected chi connectivity index (χ0v) is 22.4. The van der Waals surface area contributed by atoms with E-state index in [4.69, 9.17) is 4.74 Å². The van der Waals surface area contributed by atoms with Crippen LogP contribution in [0.25, 0.3) is 0 Å². The number of rotatable bonds is 10. The van der Waals surface area contributed by atoms with Gasteiger partial charge in [-0.1, -0.05) is 57.0 Å². The van der Waals surface area contributed by atoms with Crippen LogP contribution in [0, 0.1) is 34.9 Å². The van der Waals surface area contributed by atoms with E-state index in [1.807, 2.05) is 6.92 Å². The van der Waals surface area contributed by atoms with E-state index in [0.717, 1.165) is 19.3 Å². The molecule has 210 valence electrons. The summed E-state index contributed by atoms with van der Waals surface area (Å²) in [5.74, 6) is -6.64. The summed E-state index contributed by atoms with van der Waals surface area (Å²) in [4.78, 5) is 0. The van der Waals surface area contributed by atoms with Gasteiger partial charge in [-0.25, -0.2) is 22.0 Å². The van der Waals surface area contributed by atoms with E-state index in [1.54, 1.807) is 19.1 Å². The molecule has 1 nitrogen and oxygen atoms in total. The number of hydrogen-bond acceptors (Lipinski definition) is 1. The summed E-state index contributed by atoms with van der Waals surface area (Å²) in [5.41, 5.74) is 1.04. The molecule has 0 N–H and O–H groups in total. The molecule has 3 aromatic rings. The van der Waals surface area contributed by atoms with Crippen molar-refractivity contribution in [1.29, 1.82) is 0 Å². The Hall–Kier alpha value is -2.96. The molecule has 0 bridgehead atoms. The summed E-state index contributed by atoms with van der Waals surface area (Å²) in [6.07, 6.45) is 5.48. The van der Waals surface area contributed by atoms with E-state index in [-0.39, 0.29) is 34.3 Å². The van der Waals surface area contributed by atoms with Crippen LogP contribution in [-0.2, 0) is 19.4 Å². The molecule has 1 aliphatic carbocycles. The maximum atomic E-state index is 15.1. The van der Waals surface area contributed by atoms with E-state index < -0.39 is 41.5 Å². The molecule has 0 radical (unpaired) electrons. The molecular weight excluding hydrogens is 514 g/mol. The molecule has 1 fully saturated rings. The number of aryl methyl sites for hydroxylation is 2. The Morgan fingerprint density at radius 1 is 0.590 bits per heavy atom. The molecular formula is C32H34F6O. The van der Waals surface area contributed by atoms with Crippen molar-refractivity contribution in [3.8, 4) is 5.75 Å². The molecule has 4 rings (SSSR count). The van der Waals surface area contributed by atoms with Gasteiger partial charge in [0.2, 0.25) is 5.82 Å². The monoisotopic (exact) mass is 548 g/mol. The van der Waals surface area contributed by atoms with Crippen LogP contribution in [0.1, 0.15) is 98.4 Å². The summed E-state index contributed by atoms with van der Waals surface area (Å²) < 4.78 is 93.1. The average molecular weight is 549 g/mol. The zero-order chi connectivity index (χ0) is 28.1. The van der Waals surface area contributed by atoms with Gasteiger partial charge in [-0.15, -0.1) is 0 Å². The number of halogens is 6. The fraction of sp³-hybridized carbons (Fsp3) is 0.438. The van der Waals surface area contributed by atoms with Crippen molar-refractivity contribution in [3.63, 3.8) is 0 Å². The van der Waals surface area contributed by atoms with Gasteiger partial charge in [0.15, 0.2) is 34.8 Å². The first-order valence-corrected chi connectivity index (χ1v) is 13.8. The Morgan fingerprint density at radius 3 is 1.67 bits per heavy atom. The summed E-state index contributed by atoms with van der Waals surface area (Å²) in [5, 5.41) is 0. The van der Waals surface area contributed by atoms with Crippen LogP contribution in [0.15, 0.2) is 36.4 Å². The molecule has 1 saturated carbocycles. The van der Waals surface area contributed by atoms with Gasteiger partial charge < -0.3 is 4.74 Å². The highest BCUT2D eigenvalue weighted by molar-refractivity contribution is 5.34. The summed E-state index contributed by atoms with van der Waals surface area (Å²) >= 11 is 0. The molecule has 7 heteroatoms. The second kappa shape index (κ2) is 12.9. The Balaban J connectivity index is 1.40. The van der Waals surface area contributed by atoms with Gasteiger partial charge in [0.05, 0.1) is 0 Å². The van der Waals surface area contributed by atoms with Gasteiger partial charge in [-0.2, -0.15) is 4.39 Å². The lowest BCUT2D eigenvalue weighted by Gasteiger charge is -2.30. The third-order valence-corrected chi connectivity index (χ3v) is 7.93. The Morgan fingerprint density at radius 2 is 1.10 bits per heavy atom. The standard InChI is InChI=1S/C32H34F6O/c1-3-5-6-7-22-14-17-26(32(38)28(22)34)39-18-23-13-16-25(31(37)29(23)35)21-10-8-20(9-11-21)24-15-12-19(4-2)27(33)30(24)36/h12-17,20-21H,3-11,18H2,1-2H3. The Bertz CT molecular complexity index is 1300. The molecule has 0 saturated heterocycles. The third kappa shape index (κ3) is 6.28. The first kappa shape index (κ1) is 29.0. The molecule has 0 aliphatic heterocycles. The topological polar surface area (TPSA) is 9.23 Å². The second-order valence-electron chi connectivity index (χ2n) is 10.4. The van der Waals surface area contributed by atoms with E-state index in [1.165, 1.54) is 24.3 Å². The lowest BCUT2D eigenvalue weighted by molar-refractivity contribution is 0.276. The molecule has 39 heavy (non-hydrogen) atoms. The summed E-state index contributed by atoms with van der Waals surface area (Å²) in [6, 6.07) is 8.89. The average Bonchev–Trinajstić information content (AvgIpc) is 2.94. The van der Waals surface area contributed by atoms with Crippen LogP contribution < -0.4 is 4.74 Å². The van der Waals surface area contributed by atoms with Crippen molar-refractivity contribution in [2.24, 2.45) is 0 Å². The number of hydrogen-bond donors (Lipinski definition) is 0. The van der Waals surface area contributed by atoms with E-state index in [0.29, 0.717) is 49.7 Å². The van der Waals surface area contributed by atoms with Gasteiger partial charge >= 0.3 is 0 Å². The molecule has 3 aromatic carbocycles. The summed E-state index contributed by atoms with van der Waals surface area (Å²) in [7, 11) is 0. The minimum atomic E-state index is -1.14. The van der Waals surface area contributed by atoms with E-state index in [9.17, 15) is 22.0 Å². The van der Waals surface area contributed by atoms with Crippen LogP contribution in [0.5, 0.6) is 5.75 Å². The Labute approximate surface area is 226 Å². The SMILES string of the molecule is CCCCCc1ccc(OCc2ccc(C3CCC(c4ccc(CC)c(F)c4F)CC3)c(F)c2F)c(F)c1F. The minimum absolute atomic E-state index is 0.106. The quantitative estimate of drug-likeness (QED) is 0.181. The van der Waals surface area contributed by atoms with Crippen LogP contribution >= 0.6 is 0 Å². The molecule has 0 atom stereocenters. The first-order valence-electron chi connectivity index (χ1n) is 13.8. The van der Waals surface area contributed by atoms with Gasteiger partial charge in [-0.05, 0) is 85.1 Å². The molecule has 0 heterocycles. The predicted molar refractivity (Wildman–Crippen MR) is 140 cm³/mol. The molecule has 0 spiro atoms. The van der Waals surface area contributed by atoms with Crippen LogP contribution in [0.2, 0.25) is 0 Å². The normalized spacial score (nSPS) is 17.4. The first-order chi connectivity index (χ1) is 18.8. The van der Waals surface area contributed by atoms with Gasteiger partial charge in [0.1, 0.15) is 6.61 Å². The number of ether oxygens (including phenoxy) is 1. The zero-order valence-electron chi connectivity index (χ0n) is 22.4. The van der Waals surface area contributed by atoms with E-state index >= 15 is 4.39 Å². The van der Waals surface area contributed by atoms with Crippen LogP contribution in [0.3, 0.4) is 0 Å². The van der Waals surface area contributed by atoms with Crippen molar-refractivity contribution in [2.45, 2.75) is 90.1 Å². The maximum Gasteiger partial charge on any atom is 0.200 e. The predicted octanol–water partition coefficient (Wildman–Crippen LogP) is 9.84. The Kier molecular flexibility index (Phi) is 9.62. The fourth-order valence-electron chi connectivity index (χ4n) is 5.54. The molecule has 1 aliphatic rings. The largest absolute Gasteiger partial charge is 0.486 e. The molecule has 0 unspecified atom stereocenters. The minimum Gasteiger partial charge on any atom is -0.486 e. The highest BCUT2D eigenvalue weighted by Crippen LogP contribution is 2.43. The van der Waals surface area contributed by atoms with Crippen molar-refractivity contribution < 1.29 is 31.1 Å². The van der Waals surface area contributed by atoms with Crippen molar-refractivity contribution in [1.82, 2.24) is 0 Å². The van der Waals surface area contributed by atoms with Gasteiger partial charge in [-0.3, -0.25) is 0 Å². The smallest absolute Gasteiger partial charge is 0.200 e. The molecule has 0 aromatic heterocycles. The van der Waals surface area contributed by atoms with Crippen molar-refractivity contribution in [3.05, 3.63) is 99.1 Å². The highest BCUT2D eigenvalue weighted by atomic mass is 19.2. The number of unbranched alkanes of at least 4 members (excludes halogenated alkanes) is 2.